The van der Waals surface area contributed by atoms with Crippen molar-refractivity contribution < 1.29 is 18.6 Å². The van der Waals surface area contributed by atoms with Crippen LogP contribution in [0.15, 0.2) is 29.2 Å². The minimum absolute atomic E-state index is 0.230. The highest BCUT2D eigenvalue weighted by Crippen LogP contribution is 2.25. The van der Waals surface area contributed by atoms with E-state index in [2.05, 4.69) is 0 Å². The van der Waals surface area contributed by atoms with E-state index in [0.29, 0.717) is 6.42 Å². The molecule has 1 heterocycles. The van der Waals surface area contributed by atoms with E-state index >= 15 is 0 Å². The molecule has 1 aliphatic rings. The highest BCUT2D eigenvalue weighted by Gasteiger charge is 2.35. The van der Waals surface area contributed by atoms with Crippen LogP contribution in [-0.4, -0.2) is 48.2 Å². The number of rotatable bonds is 3. The van der Waals surface area contributed by atoms with Crippen molar-refractivity contribution in [1.29, 1.82) is 0 Å². The van der Waals surface area contributed by atoms with Crippen LogP contribution in [0.4, 0.5) is 0 Å². The number of sulfonamides is 1. The number of nitrogens with zero attached hydrogens (tertiary/aromatic N) is 1. The summed E-state index contributed by atoms with van der Waals surface area (Å²) in [6, 6.07) is 6.10. The zero-order valence-electron chi connectivity index (χ0n) is 10.9. The van der Waals surface area contributed by atoms with Crippen molar-refractivity contribution in [3.63, 3.8) is 0 Å². The predicted molar refractivity (Wildman–Crippen MR) is 71.2 cm³/mol. The van der Waals surface area contributed by atoms with Crippen LogP contribution >= 0.6 is 0 Å². The van der Waals surface area contributed by atoms with Gasteiger partial charge in [-0.15, -0.1) is 0 Å². The number of aryl methyl sites for hydroxylation is 1. The van der Waals surface area contributed by atoms with Crippen LogP contribution in [0.1, 0.15) is 18.4 Å². The fourth-order valence-electron chi connectivity index (χ4n) is 2.34. The van der Waals surface area contributed by atoms with E-state index in [1.807, 2.05) is 6.92 Å². The smallest absolute Gasteiger partial charge is 0.243 e. The molecule has 1 aromatic rings. The maximum absolute atomic E-state index is 12.5. The summed E-state index contributed by atoms with van der Waals surface area (Å²) in [4.78, 5) is 0.230. The molecule has 1 aliphatic heterocycles. The summed E-state index contributed by atoms with van der Waals surface area (Å²) < 4.78 is 26.3. The Morgan fingerprint density at radius 2 is 1.95 bits per heavy atom. The highest BCUT2D eigenvalue weighted by molar-refractivity contribution is 7.89. The lowest BCUT2D eigenvalue weighted by atomic mass is 10.0. The second kappa shape index (κ2) is 5.58. The number of aliphatic hydroxyl groups excluding tert-OH is 2. The minimum atomic E-state index is -3.60. The van der Waals surface area contributed by atoms with Gasteiger partial charge in [0.1, 0.15) is 0 Å². The molecule has 0 unspecified atom stereocenters. The Balaban J connectivity index is 2.30. The Kier molecular flexibility index (Phi) is 4.25. The zero-order chi connectivity index (χ0) is 14.0. The van der Waals surface area contributed by atoms with E-state index in [1.165, 1.54) is 4.31 Å². The average molecular weight is 285 g/mol. The third-order valence-electron chi connectivity index (χ3n) is 3.47. The first-order chi connectivity index (χ1) is 8.95. The van der Waals surface area contributed by atoms with Crippen LogP contribution < -0.4 is 0 Å². The van der Waals surface area contributed by atoms with Gasteiger partial charge in [-0.3, -0.25) is 0 Å². The molecule has 106 valence electrons. The predicted octanol–water partition coefficient (Wildman–Crippen LogP) is 0.501. The summed E-state index contributed by atoms with van der Waals surface area (Å²) >= 11 is 0. The van der Waals surface area contributed by atoms with Gasteiger partial charge in [-0.25, -0.2) is 8.42 Å². The highest BCUT2D eigenvalue weighted by atomic mass is 32.2. The molecular weight excluding hydrogens is 266 g/mol. The topological polar surface area (TPSA) is 77.8 Å². The maximum Gasteiger partial charge on any atom is 0.243 e. The molecule has 0 amide bonds. The molecule has 6 heteroatoms. The van der Waals surface area contributed by atoms with Crippen molar-refractivity contribution in [2.45, 2.75) is 36.8 Å². The van der Waals surface area contributed by atoms with Gasteiger partial charge in [-0.05, 0) is 31.9 Å². The van der Waals surface area contributed by atoms with Gasteiger partial charge in [0.25, 0.3) is 0 Å². The molecule has 0 radical (unpaired) electrons. The van der Waals surface area contributed by atoms with Crippen molar-refractivity contribution >= 4 is 10.0 Å². The second-order valence-electron chi connectivity index (χ2n) is 4.94. The van der Waals surface area contributed by atoms with E-state index in [-0.39, 0.29) is 24.5 Å². The van der Waals surface area contributed by atoms with Crippen LogP contribution in [0.3, 0.4) is 0 Å². The van der Waals surface area contributed by atoms with E-state index in [1.54, 1.807) is 24.3 Å². The number of aliphatic hydroxyl groups is 2. The van der Waals surface area contributed by atoms with Crippen LogP contribution in [0.25, 0.3) is 0 Å². The molecule has 1 aromatic carbocycles. The van der Waals surface area contributed by atoms with Crippen molar-refractivity contribution in [2.75, 3.05) is 13.2 Å². The summed E-state index contributed by atoms with van der Waals surface area (Å²) in [6.07, 6.45) is 0.144. The lowest BCUT2D eigenvalue weighted by Crippen LogP contribution is -2.49. The number of hydrogen-bond donors (Lipinski definition) is 2. The first kappa shape index (κ1) is 14.5. The normalized spacial score (nSPS) is 25.4. The lowest BCUT2D eigenvalue weighted by molar-refractivity contribution is 0.0565. The average Bonchev–Trinajstić information content (AvgIpc) is 2.38. The molecule has 0 bridgehead atoms. The Morgan fingerprint density at radius 3 is 2.53 bits per heavy atom. The van der Waals surface area contributed by atoms with Gasteiger partial charge >= 0.3 is 0 Å². The van der Waals surface area contributed by atoms with Gasteiger partial charge in [-0.2, -0.15) is 4.31 Å². The largest absolute Gasteiger partial charge is 0.395 e. The molecule has 19 heavy (non-hydrogen) atoms. The Morgan fingerprint density at radius 1 is 1.32 bits per heavy atom. The van der Waals surface area contributed by atoms with Gasteiger partial charge in [0, 0.05) is 6.54 Å². The van der Waals surface area contributed by atoms with E-state index in [9.17, 15) is 18.6 Å². The van der Waals surface area contributed by atoms with Gasteiger partial charge in [-0.1, -0.05) is 17.7 Å². The monoisotopic (exact) mass is 285 g/mol. The van der Waals surface area contributed by atoms with Gasteiger partial charge in [0.15, 0.2) is 0 Å². The lowest BCUT2D eigenvalue weighted by Gasteiger charge is -2.35. The molecule has 5 nitrogen and oxygen atoms in total. The van der Waals surface area contributed by atoms with Gasteiger partial charge < -0.3 is 10.2 Å². The number of hydrogen-bond acceptors (Lipinski definition) is 4. The van der Waals surface area contributed by atoms with E-state index in [4.69, 9.17) is 0 Å². The summed E-state index contributed by atoms with van der Waals surface area (Å²) in [6.45, 7) is 1.86. The summed E-state index contributed by atoms with van der Waals surface area (Å²) in [5.74, 6) is 0. The van der Waals surface area contributed by atoms with Gasteiger partial charge in [0.05, 0.1) is 23.6 Å². The molecule has 2 N–H and O–H groups in total. The molecule has 1 fully saturated rings. The maximum atomic E-state index is 12.5. The van der Waals surface area contributed by atoms with Crippen LogP contribution in [0, 0.1) is 6.92 Å². The SMILES string of the molecule is Cc1ccc(S(=O)(=O)N2CC[C@H](O)C[C@@H]2CO)cc1. The third-order valence-corrected chi connectivity index (χ3v) is 5.44. The van der Waals surface area contributed by atoms with Crippen LogP contribution in [0.2, 0.25) is 0 Å². The Hall–Kier alpha value is -0.950. The van der Waals surface area contributed by atoms with E-state index < -0.39 is 22.2 Å². The van der Waals surface area contributed by atoms with Crippen LogP contribution in [-0.2, 0) is 10.0 Å². The summed E-state index contributed by atoms with van der Waals surface area (Å²) in [7, 11) is -3.60. The molecule has 2 atom stereocenters. The fourth-order valence-corrected chi connectivity index (χ4v) is 3.98. The van der Waals surface area contributed by atoms with Crippen molar-refractivity contribution in [1.82, 2.24) is 4.31 Å². The summed E-state index contributed by atoms with van der Waals surface area (Å²) in [5, 5.41) is 18.9. The first-order valence-corrected chi connectivity index (χ1v) is 7.76. The fraction of sp³-hybridized carbons (Fsp3) is 0.538. The van der Waals surface area contributed by atoms with Crippen molar-refractivity contribution in [3.8, 4) is 0 Å². The van der Waals surface area contributed by atoms with E-state index in [0.717, 1.165) is 5.56 Å². The quantitative estimate of drug-likeness (QED) is 0.848. The van der Waals surface area contributed by atoms with Crippen molar-refractivity contribution in [2.24, 2.45) is 0 Å². The number of piperidine rings is 1. The molecule has 0 saturated carbocycles. The van der Waals surface area contributed by atoms with Crippen molar-refractivity contribution in [3.05, 3.63) is 29.8 Å². The van der Waals surface area contributed by atoms with Crippen LogP contribution in [0.5, 0.6) is 0 Å². The molecule has 0 aromatic heterocycles. The standard InChI is InChI=1S/C13H19NO4S/c1-10-2-4-13(5-3-10)19(17,18)14-7-6-12(16)8-11(14)9-15/h2-5,11-12,15-16H,6-9H2,1H3/t11-,12+/m1/s1. The minimum Gasteiger partial charge on any atom is -0.395 e. The molecule has 1 saturated heterocycles. The Bertz CT molecular complexity index is 526. The zero-order valence-corrected chi connectivity index (χ0v) is 11.7. The molecule has 0 aliphatic carbocycles. The second-order valence-corrected chi connectivity index (χ2v) is 6.83. The Labute approximate surface area is 113 Å². The number of benzene rings is 1. The molecular formula is C13H19NO4S. The third kappa shape index (κ3) is 2.97. The molecule has 2 rings (SSSR count). The van der Waals surface area contributed by atoms with Gasteiger partial charge in [0.2, 0.25) is 10.0 Å². The first-order valence-electron chi connectivity index (χ1n) is 6.32. The summed E-state index contributed by atoms with van der Waals surface area (Å²) in [5.41, 5.74) is 0.992. The molecule has 0 spiro atoms.